The van der Waals surface area contributed by atoms with Gasteiger partial charge in [-0.2, -0.15) is 0 Å². The first-order valence-corrected chi connectivity index (χ1v) is 8.50. The van der Waals surface area contributed by atoms with Gasteiger partial charge in [-0.15, -0.1) is 0 Å². The fourth-order valence-electron chi connectivity index (χ4n) is 1.92. The fraction of sp³-hybridized carbons (Fsp3) is 0.133. The van der Waals surface area contributed by atoms with Gasteiger partial charge in [0.2, 0.25) is 5.91 Å². The summed E-state index contributed by atoms with van der Waals surface area (Å²) in [6.07, 6.45) is 0. The quantitative estimate of drug-likeness (QED) is 0.658. The zero-order chi connectivity index (χ0) is 16.4. The van der Waals surface area contributed by atoms with Crippen LogP contribution in [0.1, 0.15) is 5.69 Å². The molecule has 0 saturated carbocycles. The number of imidazole rings is 1. The molecule has 0 aliphatic rings. The smallest absolute Gasteiger partial charge is 0.234 e. The molecule has 3 aromatic rings. The predicted molar refractivity (Wildman–Crippen MR) is 92.1 cm³/mol. The van der Waals surface area contributed by atoms with E-state index in [4.69, 9.17) is 0 Å². The maximum absolute atomic E-state index is 12.8. The van der Waals surface area contributed by atoms with Crippen molar-refractivity contribution in [1.29, 1.82) is 0 Å². The first-order valence-electron chi connectivity index (χ1n) is 6.72. The van der Waals surface area contributed by atoms with Gasteiger partial charge in [0.25, 0.3) is 0 Å². The number of H-pyrrole nitrogens is 1. The minimum absolute atomic E-state index is 0.188. The predicted octanol–water partition coefficient (Wildman–Crippen LogP) is 3.90. The second kappa shape index (κ2) is 6.67. The lowest BCUT2D eigenvalue weighted by atomic mass is 10.3. The van der Waals surface area contributed by atoms with Crippen molar-refractivity contribution >= 4 is 50.5 Å². The van der Waals surface area contributed by atoms with Gasteiger partial charge in [-0.1, -0.05) is 11.8 Å². The molecule has 23 heavy (non-hydrogen) atoms. The Bertz CT molecular complexity index is 827. The number of carbonyl (C=O) groups excluding carboxylic acids is 1. The first-order chi connectivity index (χ1) is 11.0. The summed E-state index contributed by atoms with van der Waals surface area (Å²) in [5.74, 6) is -0.335. The van der Waals surface area contributed by atoms with Gasteiger partial charge >= 0.3 is 0 Å². The average Bonchev–Trinajstić information content (AvgIpc) is 2.90. The molecule has 0 unspecified atom stereocenters. The maximum Gasteiger partial charge on any atom is 0.234 e. The lowest BCUT2D eigenvalue weighted by Crippen LogP contribution is -2.14. The molecule has 1 aromatic carbocycles. The number of nitrogens with one attached hydrogen (secondary N) is 2. The minimum Gasteiger partial charge on any atom is -0.331 e. The number of anilines is 1. The van der Waals surface area contributed by atoms with E-state index in [-0.39, 0.29) is 17.5 Å². The van der Waals surface area contributed by atoms with Crippen molar-refractivity contribution < 1.29 is 9.18 Å². The number of thioether (sulfide) groups is 1. The molecule has 2 heterocycles. The highest BCUT2D eigenvalue weighted by atomic mass is 79.9. The Morgan fingerprint density at radius 3 is 2.83 bits per heavy atom. The summed E-state index contributed by atoms with van der Waals surface area (Å²) in [6, 6.07) is 7.54. The number of hydrogen-bond acceptors (Lipinski definition) is 4. The molecule has 0 aliphatic carbocycles. The lowest BCUT2D eigenvalue weighted by molar-refractivity contribution is -0.113. The highest BCUT2D eigenvalue weighted by molar-refractivity contribution is 9.10. The van der Waals surface area contributed by atoms with Crippen LogP contribution in [-0.2, 0) is 4.79 Å². The van der Waals surface area contributed by atoms with Crippen LogP contribution in [-0.4, -0.2) is 26.6 Å². The Hall–Kier alpha value is -1.93. The van der Waals surface area contributed by atoms with Gasteiger partial charge in [0, 0.05) is 10.2 Å². The van der Waals surface area contributed by atoms with Gasteiger partial charge in [-0.25, -0.2) is 14.4 Å². The van der Waals surface area contributed by atoms with Crippen molar-refractivity contribution in [2.75, 3.05) is 11.1 Å². The highest BCUT2D eigenvalue weighted by Gasteiger charge is 2.10. The van der Waals surface area contributed by atoms with E-state index in [1.54, 1.807) is 0 Å². The second-order valence-corrected chi connectivity index (χ2v) is 6.63. The van der Waals surface area contributed by atoms with E-state index in [2.05, 4.69) is 36.2 Å². The van der Waals surface area contributed by atoms with Crippen LogP contribution in [0.2, 0.25) is 0 Å². The van der Waals surface area contributed by atoms with Gasteiger partial charge in [0.1, 0.15) is 5.82 Å². The Labute approximate surface area is 144 Å². The van der Waals surface area contributed by atoms with Crippen molar-refractivity contribution in [2.24, 2.45) is 0 Å². The molecule has 3 rings (SSSR count). The third-order valence-corrected chi connectivity index (χ3v) is 4.72. The number of benzene rings is 1. The summed E-state index contributed by atoms with van der Waals surface area (Å²) < 4.78 is 13.7. The van der Waals surface area contributed by atoms with Crippen molar-refractivity contribution in [3.63, 3.8) is 0 Å². The maximum atomic E-state index is 12.8. The molecule has 0 saturated heterocycles. The molecule has 0 atom stereocenters. The zero-order valence-electron chi connectivity index (χ0n) is 12.1. The molecule has 0 radical (unpaired) electrons. The van der Waals surface area contributed by atoms with Crippen LogP contribution in [0.3, 0.4) is 0 Å². The summed E-state index contributed by atoms with van der Waals surface area (Å²) in [5, 5.41) is 3.32. The summed E-state index contributed by atoms with van der Waals surface area (Å²) in [6.45, 7) is 1.89. The number of hydrogen-bond donors (Lipinski definition) is 2. The molecule has 8 heteroatoms. The molecule has 0 fully saturated rings. The molecule has 118 valence electrons. The minimum atomic E-state index is -0.339. The number of aromatic nitrogens is 3. The molecular formula is C15H12BrFN4OS. The van der Waals surface area contributed by atoms with E-state index >= 15 is 0 Å². The van der Waals surface area contributed by atoms with Crippen LogP contribution in [0.25, 0.3) is 11.2 Å². The van der Waals surface area contributed by atoms with E-state index < -0.39 is 0 Å². The van der Waals surface area contributed by atoms with Crippen molar-refractivity contribution in [3.8, 4) is 0 Å². The van der Waals surface area contributed by atoms with Crippen LogP contribution < -0.4 is 5.32 Å². The van der Waals surface area contributed by atoms with Gasteiger partial charge < -0.3 is 10.3 Å². The number of halogens is 2. The number of fused-ring (bicyclic) bond motifs is 1. The Morgan fingerprint density at radius 1 is 1.35 bits per heavy atom. The number of rotatable bonds is 4. The molecule has 5 nitrogen and oxygen atoms in total. The Balaban J connectivity index is 1.63. The van der Waals surface area contributed by atoms with E-state index in [9.17, 15) is 9.18 Å². The molecule has 0 aliphatic heterocycles. The largest absolute Gasteiger partial charge is 0.331 e. The highest BCUT2D eigenvalue weighted by Crippen LogP contribution is 2.23. The molecule has 0 spiro atoms. The number of nitrogens with zero attached hydrogens (tertiary/aromatic N) is 2. The molecule has 2 aromatic heterocycles. The normalized spacial score (nSPS) is 10.9. The van der Waals surface area contributed by atoms with E-state index in [1.165, 1.54) is 36.0 Å². The van der Waals surface area contributed by atoms with Crippen molar-refractivity contribution in [1.82, 2.24) is 15.0 Å². The van der Waals surface area contributed by atoms with Crippen LogP contribution in [0, 0.1) is 12.7 Å². The van der Waals surface area contributed by atoms with Gasteiger partial charge in [-0.3, -0.25) is 4.79 Å². The SMILES string of the molecule is Cc1nc2nc(SCC(=O)Nc3ccc(F)cc3)[nH]c2cc1Br. The summed E-state index contributed by atoms with van der Waals surface area (Å²) in [4.78, 5) is 23.7. The Morgan fingerprint density at radius 2 is 2.09 bits per heavy atom. The van der Waals surface area contributed by atoms with Crippen LogP contribution in [0.15, 0.2) is 40.0 Å². The number of aromatic amines is 1. The van der Waals surface area contributed by atoms with Gasteiger partial charge in [0.05, 0.1) is 17.0 Å². The monoisotopic (exact) mass is 394 g/mol. The Kier molecular flexibility index (Phi) is 4.63. The number of carbonyl (C=O) groups is 1. The number of aryl methyl sites for hydroxylation is 1. The van der Waals surface area contributed by atoms with E-state index in [0.29, 0.717) is 16.5 Å². The van der Waals surface area contributed by atoms with E-state index in [0.717, 1.165) is 15.7 Å². The first kappa shape index (κ1) is 15.9. The van der Waals surface area contributed by atoms with Gasteiger partial charge in [0.15, 0.2) is 10.8 Å². The average molecular weight is 395 g/mol. The lowest BCUT2D eigenvalue weighted by Gasteiger charge is -2.03. The number of amides is 1. The second-order valence-electron chi connectivity index (χ2n) is 4.81. The molecule has 0 bridgehead atoms. The van der Waals surface area contributed by atoms with Crippen molar-refractivity contribution in [3.05, 3.63) is 46.3 Å². The topological polar surface area (TPSA) is 70.7 Å². The molecule has 2 N–H and O–H groups in total. The van der Waals surface area contributed by atoms with E-state index in [1.807, 2.05) is 13.0 Å². The van der Waals surface area contributed by atoms with Crippen LogP contribution >= 0.6 is 27.7 Å². The summed E-state index contributed by atoms with van der Waals surface area (Å²) in [5.41, 5.74) is 2.84. The number of pyridine rings is 1. The zero-order valence-corrected chi connectivity index (χ0v) is 14.5. The molecular weight excluding hydrogens is 383 g/mol. The fourth-order valence-corrected chi connectivity index (χ4v) is 2.91. The van der Waals surface area contributed by atoms with Crippen LogP contribution in [0.4, 0.5) is 10.1 Å². The third kappa shape index (κ3) is 3.89. The van der Waals surface area contributed by atoms with Crippen LogP contribution in [0.5, 0.6) is 0 Å². The summed E-state index contributed by atoms with van der Waals surface area (Å²) in [7, 11) is 0. The van der Waals surface area contributed by atoms with Crippen molar-refractivity contribution in [2.45, 2.75) is 12.1 Å². The summed E-state index contributed by atoms with van der Waals surface area (Å²) >= 11 is 4.70. The third-order valence-electron chi connectivity index (χ3n) is 3.05. The van der Waals surface area contributed by atoms with Gasteiger partial charge in [-0.05, 0) is 53.2 Å². The standard InChI is InChI=1S/C15H12BrFN4OS/c1-8-11(16)6-12-14(18-8)21-15(20-12)23-7-13(22)19-10-4-2-9(17)3-5-10/h2-6H,7H2,1H3,(H,19,22)(H,18,20,21). The molecule has 1 amide bonds.